The topological polar surface area (TPSA) is 36.9 Å². The molecule has 4 rings (SSSR count). The Morgan fingerprint density at radius 2 is 0.683 bits per heavy atom. The molecule has 0 fully saturated rings. The average molecular weight is 666 g/mol. The molecule has 4 aromatic carbocycles. The number of hydrogen-bond acceptors (Lipinski definition) is 8. The summed E-state index contributed by atoms with van der Waals surface area (Å²) in [6.45, 7) is 0. The fourth-order valence-electron chi connectivity index (χ4n) is 3.67. The molecule has 2 unspecified atom stereocenters. The Hall–Kier alpha value is -2.55. The number of benzene rings is 4. The Morgan fingerprint density at radius 3 is 0.902 bits per heavy atom. The molecule has 216 valence electrons. The summed E-state index contributed by atoms with van der Waals surface area (Å²) in [6.07, 6.45) is 0. The first-order valence-corrected chi connectivity index (χ1v) is 14.0. The molecule has 0 aliphatic rings. The molecule has 41 heavy (non-hydrogen) atoms. The van der Waals surface area contributed by atoms with Crippen LogP contribution in [0.25, 0.3) is 0 Å². The second kappa shape index (κ2) is 17.4. The van der Waals surface area contributed by atoms with E-state index in [0.29, 0.717) is 0 Å². The standard InChI is InChI=1S/2C16H16O2S2.Ni/c2*1-17-13-7-3-11(4-8-13)15(19)16(20)12-5-9-14(18-2)10-6-12;/h2*3-10,15,19H,1-2H3;/q;;+2/p-2. The summed E-state index contributed by atoms with van der Waals surface area (Å²) >= 11 is 22.1. The van der Waals surface area contributed by atoms with E-state index in [2.05, 4.69) is 0 Å². The normalized spacial score (nSPS) is 11.5. The van der Waals surface area contributed by atoms with Crippen molar-refractivity contribution in [3.63, 3.8) is 0 Å². The molecule has 0 aromatic heterocycles. The van der Waals surface area contributed by atoms with Gasteiger partial charge in [0, 0.05) is 9.73 Å². The van der Waals surface area contributed by atoms with Crippen molar-refractivity contribution in [1.82, 2.24) is 0 Å². The molecule has 0 bridgehead atoms. The largest absolute Gasteiger partial charge is 2.00 e. The smallest absolute Gasteiger partial charge is 0.779 e. The fourth-order valence-corrected chi connectivity index (χ4v) is 4.80. The first kappa shape index (κ1) is 34.7. The third kappa shape index (κ3) is 9.76. The van der Waals surface area contributed by atoms with Crippen molar-refractivity contribution >= 4 is 59.4 Å². The average Bonchev–Trinajstić information content (AvgIpc) is 3.03. The molecule has 0 radical (unpaired) electrons. The summed E-state index contributed by atoms with van der Waals surface area (Å²) in [7, 11) is 6.56. The molecule has 0 aliphatic carbocycles. The summed E-state index contributed by atoms with van der Waals surface area (Å²) < 4.78 is 20.6. The molecule has 0 heterocycles. The predicted octanol–water partition coefficient (Wildman–Crippen LogP) is 7.42. The maximum Gasteiger partial charge on any atom is 2.00 e. The van der Waals surface area contributed by atoms with Crippen molar-refractivity contribution < 1.29 is 35.4 Å². The quantitative estimate of drug-likeness (QED) is 0.0751. The maximum atomic E-state index is 5.54. The van der Waals surface area contributed by atoms with Crippen LogP contribution in [0.3, 0.4) is 0 Å². The van der Waals surface area contributed by atoms with Crippen LogP contribution in [0, 0.1) is 0 Å². The van der Waals surface area contributed by atoms with Crippen molar-refractivity contribution in [1.29, 1.82) is 0 Å². The van der Waals surface area contributed by atoms with Gasteiger partial charge in [-0.25, -0.2) is 0 Å². The van der Waals surface area contributed by atoms with Gasteiger partial charge in [-0.15, -0.1) is 10.5 Å². The minimum absolute atomic E-state index is 0. The van der Waals surface area contributed by atoms with Gasteiger partial charge < -0.3 is 44.2 Å². The molecule has 2 atom stereocenters. The van der Waals surface area contributed by atoms with Gasteiger partial charge in [-0.05, 0) is 59.7 Å². The molecule has 0 saturated heterocycles. The third-order valence-corrected chi connectivity index (χ3v) is 8.32. The molecule has 4 nitrogen and oxygen atoms in total. The van der Waals surface area contributed by atoms with Crippen LogP contribution >= 0.6 is 24.4 Å². The second-order valence-electron chi connectivity index (χ2n) is 8.49. The maximum absolute atomic E-state index is 5.54. The molecule has 0 aliphatic heterocycles. The second-order valence-corrected chi connectivity index (χ2v) is 10.3. The van der Waals surface area contributed by atoms with Gasteiger partial charge >= 0.3 is 16.5 Å². The number of thiocarbonyl (C=S) groups is 2. The summed E-state index contributed by atoms with van der Waals surface area (Å²) in [5.41, 5.74) is 3.91. The van der Waals surface area contributed by atoms with Crippen LogP contribution in [0.4, 0.5) is 0 Å². The minimum atomic E-state index is -0.232. The first-order valence-electron chi connectivity index (χ1n) is 12.3. The van der Waals surface area contributed by atoms with Crippen LogP contribution in [0.2, 0.25) is 0 Å². The molecule has 0 spiro atoms. The number of ether oxygens (including phenoxy) is 4. The van der Waals surface area contributed by atoms with Gasteiger partial charge in [0.25, 0.3) is 0 Å². The van der Waals surface area contributed by atoms with Gasteiger partial charge in [0.2, 0.25) is 0 Å². The van der Waals surface area contributed by atoms with E-state index in [-0.39, 0.29) is 27.0 Å². The summed E-state index contributed by atoms with van der Waals surface area (Å²) in [6, 6.07) is 30.7. The Labute approximate surface area is 274 Å². The van der Waals surface area contributed by atoms with Crippen LogP contribution in [-0.4, -0.2) is 38.2 Å². The predicted molar refractivity (Wildman–Crippen MR) is 176 cm³/mol. The van der Waals surface area contributed by atoms with E-state index < -0.39 is 0 Å². The SMILES string of the molecule is COc1ccc(C(=S)C([S-])c2ccc(OC)cc2)cc1.COc1ccc(C(=S)C([S-])c2ccc(OC)cc2)cc1.[Ni+2]. The van der Waals surface area contributed by atoms with Crippen molar-refractivity contribution in [2.45, 2.75) is 10.5 Å². The van der Waals surface area contributed by atoms with Crippen molar-refractivity contribution in [3.8, 4) is 23.0 Å². The molecule has 0 N–H and O–H groups in total. The Morgan fingerprint density at radius 1 is 0.463 bits per heavy atom. The summed E-state index contributed by atoms with van der Waals surface area (Å²) in [4.78, 5) is 1.49. The zero-order valence-electron chi connectivity index (χ0n) is 23.0. The number of methoxy groups -OCH3 is 4. The van der Waals surface area contributed by atoms with Crippen molar-refractivity contribution in [2.75, 3.05) is 28.4 Å². The van der Waals surface area contributed by atoms with Gasteiger partial charge in [-0.2, -0.15) is 0 Å². The molecular formula is C32H30NiO4S4. The van der Waals surface area contributed by atoms with Gasteiger partial charge in [-0.3, -0.25) is 0 Å². The van der Waals surface area contributed by atoms with E-state index in [1.807, 2.05) is 97.1 Å². The van der Waals surface area contributed by atoms with Gasteiger partial charge in [0.15, 0.2) is 0 Å². The number of rotatable bonds is 10. The van der Waals surface area contributed by atoms with Crippen LogP contribution in [0.15, 0.2) is 97.1 Å². The zero-order chi connectivity index (χ0) is 29.1. The summed E-state index contributed by atoms with van der Waals surface area (Å²) in [5.74, 6) is 3.24. The molecule has 0 saturated carbocycles. The molecule has 4 aromatic rings. The monoisotopic (exact) mass is 664 g/mol. The van der Waals surface area contributed by atoms with Crippen LogP contribution < -0.4 is 18.9 Å². The van der Waals surface area contributed by atoms with E-state index >= 15 is 0 Å². The van der Waals surface area contributed by atoms with Gasteiger partial charge in [-0.1, -0.05) is 84.1 Å². The van der Waals surface area contributed by atoms with Crippen molar-refractivity contribution in [2.24, 2.45) is 0 Å². The van der Waals surface area contributed by atoms with Gasteiger partial charge in [0.1, 0.15) is 23.0 Å². The van der Waals surface area contributed by atoms with Crippen LogP contribution in [0.1, 0.15) is 32.8 Å². The third-order valence-electron chi connectivity index (χ3n) is 6.06. The zero-order valence-corrected chi connectivity index (χ0v) is 27.2. The van der Waals surface area contributed by atoms with E-state index in [1.165, 1.54) is 0 Å². The Bertz CT molecular complexity index is 1270. The fraction of sp³-hybridized carbons (Fsp3) is 0.188. The summed E-state index contributed by atoms with van der Waals surface area (Å²) in [5, 5.41) is -0.464. The van der Waals surface area contributed by atoms with E-state index in [1.54, 1.807) is 28.4 Å². The Kier molecular flexibility index (Phi) is 14.7. The van der Waals surface area contributed by atoms with Crippen LogP contribution in [0.5, 0.6) is 23.0 Å². The van der Waals surface area contributed by atoms with Gasteiger partial charge in [0.05, 0.1) is 28.4 Å². The van der Waals surface area contributed by atoms with E-state index in [4.69, 9.17) is 68.6 Å². The minimum Gasteiger partial charge on any atom is -0.779 e. The first-order chi connectivity index (χ1) is 19.3. The molecule has 0 amide bonds. The number of hydrogen-bond donors (Lipinski definition) is 0. The Balaban J connectivity index is 0.000000280. The van der Waals surface area contributed by atoms with Crippen molar-refractivity contribution in [3.05, 3.63) is 119 Å². The van der Waals surface area contributed by atoms with E-state index in [9.17, 15) is 0 Å². The molecule has 9 heteroatoms. The van der Waals surface area contributed by atoms with Crippen LogP contribution in [-0.2, 0) is 41.7 Å². The van der Waals surface area contributed by atoms with E-state index in [0.717, 1.165) is 55.0 Å². The molecular weight excluding hydrogens is 635 g/mol.